The molecule has 1 amide bonds. The van der Waals surface area contributed by atoms with Crippen molar-refractivity contribution in [2.24, 2.45) is 0 Å². The molecule has 7 N–H and O–H groups in total. The molecule has 0 aromatic rings. The van der Waals surface area contributed by atoms with E-state index in [-0.39, 0.29) is 18.9 Å². The molecule has 60 heavy (non-hydrogen) atoms. The molecule has 0 bridgehead atoms. The molecule has 358 valence electrons. The number of nitrogens with one attached hydrogen (secondary N) is 1. The third-order valence-corrected chi connectivity index (χ3v) is 12.8. The molecule has 1 heterocycles. The second-order valence-corrected chi connectivity index (χ2v) is 18.5. The van der Waals surface area contributed by atoms with Crippen molar-refractivity contribution in [3.05, 3.63) is 0 Å². The van der Waals surface area contributed by atoms with E-state index < -0.39 is 55.6 Å². The van der Waals surface area contributed by atoms with E-state index in [1.54, 1.807) is 0 Å². The average Bonchev–Trinajstić information content (AvgIpc) is 3.25. The summed E-state index contributed by atoms with van der Waals surface area (Å²) in [6.07, 6.45) is 35.5. The van der Waals surface area contributed by atoms with E-state index in [0.717, 1.165) is 38.5 Å². The van der Waals surface area contributed by atoms with Crippen LogP contribution in [0.25, 0.3) is 0 Å². The SMILES string of the molecule is CCCCCCCCCCCCCCCCCCCCCCCCCC(=O)N[C@@H](COC1OC(CO)C(O)C(O)C1O)C(O)[C@H](O)CCCCCCCCCCCCCC. The third kappa shape index (κ3) is 30.3. The van der Waals surface area contributed by atoms with Crippen LogP contribution in [0.3, 0.4) is 0 Å². The zero-order valence-electron chi connectivity index (χ0n) is 39.1. The van der Waals surface area contributed by atoms with Gasteiger partial charge in [-0.2, -0.15) is 0 Å². The molecule has 0 aromatic carbocycles. The topological polar surface area (TPSA) is 169 Å². The number of carbonyl (C=O) groups is 1. The Hall–Kier alpha value is -0.850. The highest BCUT2D eigenvalue weighted by atomic mass is 16.7. The highest BCUT2D eigenvalue weighted by Gasteiger charge is 2.44. The summed E-state index contributed by atoms with van der Waals surface area (Å²) in [6, 6.07) is -0.985. The van der Waals surface area contributed by atoms with Gasteiger partial charge in [0.15, 0.2) is 6.29 Å². The van der Waals surface area contributed by atoms with Crippen LogP contribution in [0.2, 0.25) is 0 Å². The zero-order valence-corrected chi connectivity index (χ0v) is 39.1. The van der Waals surface area contributed by atoms with Crippen LogP contribution in [-0.2, 0) is 14.3 Å². The molecular formula is C50H99NO9. The van der Waals surface area contributed by atoms with E-state index >= 15 is 0 Å². The van der Waals surface area contributed by atoms with Crippen LogP contribution in [0.5, 0.6) is 0 Å². The van der Waals surface area contributed by atoms with Crippen molar-refractivity contribution >= 4 is 5.91 Å². The van der Waals surface area contributed by atoms with E-state index in [9.17, 15) is 35.4 Å². The molecule has 1 aliphatic heterocycles. The number of hydrogen-bond acceptors (Lipinski definition) is 9. The first-order valence-electron chi connectivity index (χ1n) is 25.8. The van der Waals surface area contributed by atoms with Crippen LogP contribution in [0.15, 0.2) is 0 Å². The van der Waals surface area contributed by atoms with E-state index in [1.807, 2.05) is 0 Å². The summed E-state index contributed by atoms with van der Waals surface area (Å²) in [7, 11) is 0. The van der Waals surface area contributed by atoms with Crippen molar-refractivity contribution < 1.29 is 44.9 Å². The maximum atomic E-state index is 13.0. The molecule has 0 radical (unpaired) electrons. The van der Waals surface area contributed by atoms with Crippen molar-refractivity contribution in [3.8, 4) is 0 Å². The van der Waals surface area contributed by atoms with Gasteiger partial charge in [-0.3, -0.25) is 4.79 Å². The lowest BCUT2D eigenvalue weighted by Crippen LogP contribution is -2.60. The lowest BCUT2D eigenvalue weighted by atomic mass is 9.98. The Morgan fingerprint density at radius 2 is 0.867 bits per heavy atom. The van der Waals surface area contributed by atoms with Gasteiger partial charge < -0.3 is 45.4 Å². The lowest BCUT2D eigenvalue weighted by molar-refractivity contribution is -0.303. The van der Waals surface area contributed by atoms with E-state index in [2.05, 4.69) is 19.2 Å². The van der Waals surface area contributed by atoms with Crippen molar-refractivity contribution in [2.45, 2.75) is 300 Å². The summed E-state index contributed by atoms with van der Waals surface area (Å²) in [5.74, 6) is -0.252. The van der Waals surface area contributed by atoms with Crippen LogP contribution in [0.4, 0.5) is 0 Å². The van der Waals surface area contributed by atoms with E-state index in [0.29, 0.717) is 6.42 Å². The fourth-order valence-electron chi connectivity index (χ4n) is 8.61. The Morgan fingerprint density at radius 3 is 1.23 bits per heavy atom. The number of amides is 1. The summed E-state index contributed by atoms with van der Waals surface area (Å²) in [5.41, 5.74) is 0. The summed E-state index contributed by atoms with van der Waals surface area (Å²) in [5, 5.41) is 65.3. The van der Waals surface area contributed by atoms with Crippen molar-refractivity contribution in [1.29, 1.82) is 0 Å². The molecule has 1 fully saturated rings. The van der Waals surface area contributed by atoms with Gasteiger partial charge in [0, 0.05) is 6.42 Å². The molecule has 10 nitrogen and oxygen atoms in total. The number of rotatable bonds is 44. The summed E-state index contributed by atoms with van der Waals surface area (Å²) < 4.78 is 11.2. The zero-order chi connectivity index (χ0) is 43.9. The quantitative estimate of drug-likeness (QED) is 0.0295. The van der Waals surface area contributed by atoms with Gasteiger partial charge in [-0.05, 0) is 12.8 Å². The highest BCUT2D eigenvalue weighted by Crippen LogP contribution is 2.23. The first-order chi connectivity index (χ1) is 29.3. The first-order valence-corrected chi connectivity index (χ1v) is 25.8. The average molecular weight is 858 g/mol. The fraction of sp³-hybridized carbons (Fsp3) is 0.980. The van der Waals surface area contributed by atoms with Gasteiger partial charge in [0.25, 0.3) is 0 Å². The van der Waals surface area contributed by atoms with Crippen LogP contribution >= 0.6 is 0 Å². The number of hydrogen-bond donors (Lipinski definition) is 7. The number of unbranched alkanes of at least 4 members (excludes halogenated alkanes) is 33. The maximum absolute atomic E-state index is 13.0. The second kappa shape index (κ2) is 40.9. The van der Waals surface area contributed by atoms with Crippen LogP contribution in [-0.4, -0.2) is 98.7 Å². The number of carbonyl (C=O) groups excluding carboxylic acids is 1. The fourth-order valence-corrected chi connectivity index (χ4v) is 8.61. The molecule has 1 saturated heterocycles. The Morgan fingerprint density at radius 1 is 0.517 bits per heavy atom. The summed E-state index contributed by atoms with van der Waals surface area (Å²) in [6.45, 7) is 3.63. The van der Waals surface area contributed by atoms with Crippen molar-refractivity contribution in [1.82, 2.24) is 5.32 Å². The number of aliphatic hydroxyl groups is 6. The van der Waals surface area contributed by atoms with Gasteiger partial charge in [-0.15, -0.1) is 0 Å². The Kier molecular flexibility index (Phi) is 39.0. The summed E-state index contributed by atoms with van der Waals surface area (Å²) >= 11 is 0. The Labute approximate surface area is 368 Å². The minimum atomic E-state index is -1.60. The molecule has 10 heteroatoms. The van der Waals surface area contributed by atoms with Gasteiger partial charge in [0.2, 0.25) is 5.91 Å². The molecule has 6 unspecified atom stereocenters. The monoisotopic (exact) mass is 858 g/mol. The molecule has 0 saturated carbocycles. The van der Waals surface area contributed by atoms with Crippen LogP contribution < -0.4 is 5.32 Å². The third-order valence-electron chi connectivity index (χ3n) is 12.8. The Balaban J connectivity index is 2.26. The van der Waals surface area contributed by atoms with Crippen LogP contribution in [0, 0.1) is 0 Å². The van der Waals surface area contributed by atoms with Gasteiger partial charge in [0.1, 0.15) is 30.5 Å². The van der Waals surface area contributed by atoms with Gasteiger partial charge in [0.05, 0.1) is 25.4 Å². The molecule has 0 aliphatic carbocycles. The molecule has 8 atom stereocenters. The molecule has 1 rings (SSSR count). The van der Waals surface area contributed by atoms with Crippen molar-refractivity contribution in [2.75, 3.05) is 13.2 Å². The standard InChI is InChI=1S/C50H99NO9/c1-3-5-7-9-11-13-15-17-18-19-20-21-22-23-24-25-26-27-29-31-33-35-37-39-45(54)51-42(41-59-50-49(58)48(57)47(56)44(40-52)60-50)46(55)43(53)38-36-34-32-30-28-16-14-12-10-8-6-4-2/h42-44,46-50,52-53,55-58H,3-41H2,1-2H3,(H,51,54)/t42-,43+,44?,46?,47?,48?,49?,50?/m0/s1. The van der Waals surface area contributed by atoms with Crippen molar-refractivity contribution in [3.63, 3.8) is 0 Å². The Bertz CT molecular complexity index is 926. The van der Waals surface area contributed by atoms with Gasteiger partial charge in [-0.1, -0.05) is 232 Å². The largest absolute Gasteiger partial charge is 0.394 e. The smallest absolute Gasteiger partial charge is 0.220 e. The molecular weight excluding hydrogens is 759 g/mol. The highest BCUT2D eigenvalue weighted by molar-refractivity contribution is 5.76. The van der Waals surface area contributed by atoms with E-state index in [4.69, 9.17) is 9.47 Å². The predicted octanol–water partition coefficient (Wildman–Crippen LogP) is 10.5. The normalized spacial score (nSPS) is 21.0. The summed E-state index contributed by atoms with van der Waals surface area (Å²) in [4.78, 5) is 13.0. The first kappa shape index (κ1) is 57.2. The van der Waals surface area contributed by atoms with Gasteiger partial charge in [-0.25, -0.2) is 0 Å². The van der Waals surface area contributed by atoms with E-state index in [1.165, 1.54) is 186 Å². The number of ether oxygens (including phenoxy) is 2. The minimum Gasteiger partial charge on any atom is -0.394 e. The van der Waals surface area contributed by atoms with Gasteiger partial charge >= 0.3 is 0 Å². The lowest BCUT2D eigenvalue weighted by Gasteiger charge is -2.40. The van der Waals surface area contributed by atoms with Crippen LogP contribution in [0.1, 0.15) is 251 Å². The second-order valence-electron chi connectivity index (χ2n) is 18.5. The molecule has 1 aliphatic rings. The minimum absolute atomic E-state index is 0.252. The number of aliphatic hydroxyl groups excluding tert-OH is 6. The molecule has 0 spiro atoms. The molecule has 0 aromatic heterocycles. The maximum Gasteiger partial charge on any atom is 0.220 e. The predicted molar refractivity (Wildman–Crippen MR) is 246 cm³/mol.